The molecule has 0 aliphatic carbocycles. The van der Waals surface area contributed by atoms with Gasteiger partial charge in [0.05, 0.1) is 12.2 Å². The summed E-state index contributed by atoms with van der Waals surface area (Å²) in [6, 6.07) is 11.3. The van der Waals surface area contributed by atoms with Crippen LogP contribution in [0.1, 0.15) is 29.0 Å². The van der Waals surface area contributed by atoms with Crippen molar-refractivity contribution in [3.05, 3.63) is 54.0 Å². The van der Waals surface area contributed by atoms with Gasteiger partial charge in [-0.25, -0.2) is 0 Å². The van der Waals surface area contributed by atoms with Crippen LogP contribution in [0.5, 0.6) is 0 Å². The van der Waals surface area contributed by atoms with Crippen molar-refractivity contribution in [2.24, 2.45) is 11.7 Å². The van der Waals surface area contributed by atoms with E-state index in [2.05, 4.69) is 10.2 Å². The molecule has 1 aliphatic rings. The van der Waals surface area contributed by atoms with Gasteiger partial charge >= 0.3 is 0 Å². The average Bonchev–Trinajstić information content (AvgIpc) is 3.15. The Hall–Kier alpha value is -2.76. The first-order valence-corrected chi connectivity index (χ1v) is 8.08. The summed E-state index contributed by atoms with van der Waals surface area (Å²) < 4.78 is 5.06. The molecule has 0 bridgehead atoms. The Morgan fingerprint density at radius 1 is 1.25 bits per heavy atom. The third kappa shape index (κ3) is 3.76. The minimum absolute atomic E-state index is 0.0778. The summed E-state index contributed by atoms with van der Waals surface area (Å²) in [5, 5.41) is 2.81. The van der Waals surface area contributed by atoms with Crippen LogP contribution in [-0.4, -0.2) is 24.9 Å². The third-order valence-corrected chi connectivity index (χ3v) is 4.32. The normalized spacial score (nSPS) is 17.5. The molecule has 1 saturated heterocycles. The fourth-order valence-corrected chi connectivity index (χ4v) is 2.95. The molecule has 1 fully saturated rings. The Balaban J connectivity index is 1.57. The van der Waals surface area contributed by atoms with Gasteiger partial charge in [0.1, 0.15) is 0 Å². The van der Waals surface area contributed by atoms with Crippen molar-refractivity contribution in [2.45, 2.75) is 19.4 Å². The van der Waals surface area contributed by atoms with E-state index in [1.807, 2.05) is 24.3 Å². The van der Waals surface area contributed by atoms with Gasteiger partial charge in [-0.3, -0.25) is 9.59 Å². The smallest absolute Gasteiger partial charge is 0.287 e. The molecule has 0 saturated carbocycles. The number of benzene rings is 1. The van der Waals surface area contributed by atoms with Crippen LogP contribution in [0.4, 0.5) is 5.69 Å². The molecule has 0 spiro atoms. The summed E-state index contributed by atoms with van der Waals surface area (Å²) in [5.74, 6) is -0.232. The first-order chi connectivity index (χ1) is 11.6. The quantitative estimate of drug-likeness (QED) is 0.878. The lowest BCUT2D eigenvalue weighted by atomic mass is 9.97. The highest BCUT2D eigenvalue weighted by molar-refractivity contribution is 5.91. The number of carbonyl (C=O) groups is 2. The van der Waals surface area contributed by atoms with Crippen LogP contribution >= 0.6 is 0 Å². The Morgan fingerprint density at radius 3 is 2.71 bits per heavy atom. The molecule has 1 atom stereocenters. The topological polar surface area (TPSA) is 88.6 Å². The number of primary amides is 1. The lowest BCUT2D eigenvalue weighted by Gasteiger charge is -2.33. The van der Waals surface area contributed by atoms with E-state index in [0.29, 0.717) is 18.8 Å². The molecule has 3 rings (SSSR count). The number of piperidine rings is 1. The summed E-state index contributed by atoms with van der Waals surface area (Å²) in [7, 11) is 0. The average molecular weight is 327 g/mol. The molecule has 0 radical (unpaired) electrons. The second-order valence-electron chi connectivity index (χ2n) is 6.01. The van der Waals surface area contributed by atoms with Gasteiger partial charge in [0.2, 0.25) is 5.91 Å². The van der Waals surface area contributed by atoms with E-state index in [0.717, 1.165) is 30.6 Å². The molecule has 6 heteroatoms. The van der Waals surface area contributed by atoms with Gasteiger partial charge in [-0.1, -0.05) is 12.1 Å². The molecule has 2 aromatic rings. The van der Waals surface area contributed by atoms with E-state index in [-0.39, 0.29) is 17.7 Å². The molecule has 0 unspecified atom stereocenters. The Kier molecular flexibility index (Phi) is 4.84. The van der Waals surface area contributed by atoms with Crippen molar-refractivity contribution in [1.82, 2.24) is 5.32 Å². The predicted octanol–water partition coefficient (Wildman–Crippen LogP) is 1.91. The van der Waals surface area contributed by atoms with Gasteiger partial charge < -0.3 is 20.4 Å². The summed E-state index contributed by atoms with van der Waals surface area (Å²) in [4.78, 5) is 25.4. The monoisotopic (exact) mass is 327 g/mol. The number of hydrogen-bond acceptors (Lipinski definition) is 4. The first kappa shape index (κ1) is 16.1. The van der Waals surface area contributed by atoms with Crippen molar-refractivity contribution in [3.63, 3.8) is 0 Å². The summed E-state index contributed by atoms with van der Waals surface area (Å²) >= 11 is 0. The molecular weight excluding hydrogens is 306 g/mol. The lowest BCUT2D eigenvalue weighted by molar-refractivity contribution is -0.122. The van der Waals surface area contributed by atoms with Crippen molar-refractivity contribution >= 4 is 17.5 Å². The van der Waals surface area contributed by atoms with Gasteiger partial charge in [0.15, 0.2) is 5.76 Å². The summed E-state index contributed by atoms with van der Waals surface area (Å²) in [5.41, 5.74) is 7.50. The molecule has 1 aliphatic heterocycles. The maximum Gasteiger partial charge on any atom is 0.287 e. The summed E-state index contributed by atoms with van der Waals surface area (Å²) in [6.07, 6.45) is 3.30. The minimum Gasteiger partial charge on any atom is -0.459 e. The molecule has 2 heterocycles. The molecule has 2 amide bonds. The van der Waals surface area contributed by atoms with Gasteiger partial charge in [-0.05, 0) is 42.7 Å². The molecule has 126 valence electrons. The number of amides is 2. The lowest BCUT2D eigenvalue weighted by Crippen LogP contribution is -2.41. The first-order valence-electron chi connectivity index (χ1n) is 8.08. The van der Waals surface area contributed by atoms with E-state index in [9.17, 15) is 9.59 Å². The van der Waals surface area contributed by atoms with Crippen LogP contribution in [0.2, 0.25) is 0 Å². The molecule has 1 aromatic carbocycles. The van der Waals surface area contributed by atoms with Crippen LogP contribution in [0.15, 0.2) is 47.1 Å². The standard InChI is InChI=1S/C18H21N3O3/c19-17(22)14-3-1-9-21(12-14)15-7-5-13(6-8-15)11-20-18(23)16-4-2-10-24-16/h2,4-8,10,14H,1,3,9,11-12H2,(H2,19,22)(H,20,23)/t14-/m1/s1. The number of rotatable bonds is 5. The van der Waals surface area contributed by atoms with E-state index in [1.54, 1.807) is 12.1 Å². The van der Waals surface area contributed by atoms with Crippen molar-refractivity contribution in [3.8, 4) is 0 Å². The predicted molar refractivity (Wildman–Crippen MR) is 90.5 cm³/mol. The van der Waals surface area contributed by atoms with Crippen LogP contribution in [0, 0.1) is 5.92 Å². The molecule has 1 aromatic heterocycles. The molecule has 6 nitrogen and oxygen atoms in total. The van der Waals surface area contributed by atoms with E-state index in [1.165, 1.54) is 6.26 Å². The van der Waals surface area contributed by atoms with Crippen LogP contribution in [-0.2, 0) is 11.3 Å². The third-order valence-electron chi connectivity index (χ3n) is 4.32. The number of anilines is 1. The SMILES string of the molecule is NC(=O)[C@@H]1CCCN(c2ccc(CNC(=O)c3ccco3)cc2)C1. The van der Waals surface area contributed by atoms with Crippen LogP contribution in [0.25, 0.3) is 0 Å². The van der Waals surface area contributed by atoms with Gasteiger partial charge in [-0.15, -0.1) is 0 Å². The second kappa shape index (κ2) is 7.21. The largest absolute Gasteiger partial charge is 0.459 e. The van der Waals surface area contributed by atoms with Crippen molar-refractivity contribution in [1.29, 1.82) is 0 Å². The van der Waals surface area contributed by atoms with Crippen LogP contribution < -0.4 is 16.0 Å². The molecule has 24 heavy (non-hydrogen) atoms. The van der Waals surface area contributed by atoms with Gasteiger partial charge in [0, 0.05) is 25.3 Å². The Morgan fingerprint density at radius 2 is 2.04 bits per heavy atom. The highest BCUT2D eigenvalue weighted by Crippen LogP contribution is 2.23. The fourth-order valence-electron chi connectivity index (χ4n) is 2.95. The highest BCUT2D eigenvalue weighted by Gasteiger charge is 2.24. The van der Waals surface area contributed by atoms with E-state index in [4.69, 9.17) is 10.2 Å². The van der Waals surface area contributed by atoms with E-state index < -0.39 is 0 Å². The fraction of sp³-hybridized carbons (Fsp3) is 0.333. The molecular formula is C18H21N3O3. The number of nitrogens with zero attached hydrogens (tertiary/aromatic N) is 1. The van der Waals surface area contributed by atoms with Crippen molar-refractivity contribution < 1.29 is 14.0 Å². The zero-order chi connectivity index (χ0) is 16.9. The number of nitrogens with one attached hydrogen (secondary N) is 1. The number of carbonyl (C=O) groups excluding carboxylic acids is 2. The molecule has 3 N–H and O–H groups in total. The zero-order valence-corrected chi connectivity index (χ0v) is 13.4. The van der Waals surface area contributed by atoms with Gasteiger partial charge in [0.25, 0.3) is 5.91 Å². The van der Waals surface area contributed by atoms with E-state index >= 15 is 0 Å². The van der Waals surface area contributed by atoms with Gasteiger partial charge in [-0.2, -0.15) is 0 Å². The zero-order valence-electron chi connectivity index (χ0n) is 13.4. The number of hydrogen-bond donors (Lipinski definition) is 2. The summed E-state index contributed by atoms with van der Waals surface area (Å²) in [6.45, 7) is 2.03. The second-order valence-corrected chi connectivity index (χ2v) is 6.01. The minimum atomic E-state index is -0.232. The Bertz CT molecular complexity index is 695. The number of furan rings is 1. The maximum atomic E-state index is 11.8. The Labute approximate surface area is 140 Å². The van der Waals surface area contributed by atoms with Crippen LogP contribution in [0.3, 0.4) is 0 Å². The highest BCUT2D eigenvalue weighted by atomic mass is 16.3. The number of nitrogens with two attached hydrogens (primary N) is 1. The maximum absolute atomic E-state index is 11.8. The van der Waals surface area contributed by atoms with Crippen molar-refractivity contribution in [2.75, 3.05) is 18.0 Å².